The number of benzene rings is 1. The molecule has 2 nitrogen and oxygen atoms in total. The summed E-state index contributed by atoms with van der Waals surface area (Å²) in [5.41, 5.74) is 2.13. The van der Waals surface area contributed by atoms with Gasteiger partial charge in [-0.05, 0) is 43.0 Å². The zero-order valence-electron chi connectivity index (χ0n) is 9.03. The number of hydrogen-bond donors (Lipinski definition) is 1. The van der Waals surface area contributed by atoms with Crippen molar-refractivity contribution in [3.63, 3.8) is 0 Å². The van der Waals surface area contributed by atoms with E-state index < -0.39 is 0 Å². The molecule has 1 fully saturated rings. The predicted molar refractivity (Wildman–Crippen MR) is 60.6 cm³/mol. The third-order valence-electron chi connectivity index (χ3n) is 3.14. The highest BCUT2D eigenvalue weighted by atomic mass is 14.9. The first kappa shape index (κ1) is 10.2. The molecule has 0 saturated heterocycles. The maximum atomic E-state index is 8.69. The molecule has 1 aromatic carbocycles. The second-order valence-corrected chi connectivity index (χ2v) is 4.16. The van der Waals surface area contributed by atoms with E-state index in [0.29, 0.717) is 12.0 Å². The van der Waals surface area contributed by atoms with Gasteiger partial charge in [0.15, 0.2) is 0 Å². The Kier molecular flexibility index (Phi) is 3.03. The van der Waals surface area contributed by atoms with E-state index in [2.05, 4.69) is 30.4 Å². The molecule has 1 aliphatic rings. The monoisotopic (exact) mass is 200 g/mol. The van der Waals surface area contributed by atoms with Crippen molar-refractivity contribution in [2.24, 2.45) is 0 Å². The van der Waals surface area contributed by atoms with Gasteiger partial charge in [0, 0.05) is 6.04 Å². The number of rotatable bonds is 3. The van der Waals surface area contributed by atoms with Crippen molar-refractivity contribution >= 4 is 0 Å². The van der Waals surface area contributed by atoms with Crippen molar-refractivity contribution in [2.45, 2.75) is 31.7 Å². The summed E-state index contributed by atoms with van der Waals surface area (Å²) in [6.45, 7) is 3.21. The van der Waals surface area contributed by atoms with Gasteiger partial charge >= 0.3 is 0 Å². The van der Waals surface area contributed by atoms with Crippen LogP contribution in [0.25, 0.3) is 0 Å². The summed E-state index contributed by atoms with van der Waals surface area (Å²) < 4.78 is 0. The fourth-order valence-corrected chi connectivity index (χ4v) is 2.18. The molecule has 0 aliphatic heterocycles. The minimum absolute atomic E-state index is 0.696. The van der Waals surface area contributed by atoms with E-state index in [0.717, 1.165) is 12.1 Å². The fraction of sp³-hybridized carbons (Fsp3) is 0.462. The fourth-order valence-electron chi connectivity index (χ4n) is 2.18. The molecule has 0 radical (unpaired) electrons. The van der Waals surface area contributed by atoms with Gasteiger partial charge in [-0.15, -0.1) is 0 Å². The summed E-state index contributed by atoms with van der Waals surface area (Å²) in [5.74, 6) is 0.696. The van der Waals surface area contributed by atoms with Gasteiger partial charge in [0.2, 0.25) is 0 Å². The lowest BCUT2D eigenvalue weighted by molar-refractivity contribution is 0.296. The van der Waals surface area contributed by atoms with Crippen LogP contribution in [0.5, 0.6) is 0 Å². The molecule has 0 amide bonds. The largest absolute Gasteiger partial charge is 0.314 e. The Morgan fingerprint density at radius 3 is 2.53 bits per heavy atom. The van der Waals surface area contributed by atoms with Crippen LogP contribution in [0.3, 0.4) is 0 Å². The smallest absolute Gasteiger partial charge is 0.0991 e. The Bertz CT molecular complexity index is 355. The lowest BCUT2D eigenvalue weighted by atomic mass is 9.76. The molecule has 0 heterocycles. The average molecular weight is 200 g/mol. The average Bonchev–Trinajstić information content (AvgIpc) is 2.23. The quantitative estimate of drug-likeness (QED) is 0.813. The number of hydrogen-bond acceptors (Lipinski definition) is 2. The molecule has 0 aromatic heterocycles. The Hall–Kier alpha value is -1.33. The van der Waals surface area contributed by atoms with Crippen LogP contribution in [0.4, 0.5) is 0 Å². The van der Waals surface area contributed by atoms with Crippen LogP contribution in [0.1, 0.15) is 36.8 Å². The van der Waals surface area contributed by atoms with Crippen molar-refractivity contribution < 1.29 is 0 Å². The van der Waals surface area contributed by atoms with E-state index in [9.17, 15) is 0 Å². The third-order valence-corrected chi connectivity index (χ3v) is 3.14. The van der Waals surface area contributed by atoms with Crippen LogP contribution in [-0.4, -0.2) is 12.6 Å². The van der Waals surface area contributed by atoms with Crippen LogP contribution in [0, 0.1) is 11.3 Å². The number of nitrogens with zero attached hydrogens (tertiary/aromatic N) is 1. The highest BCUT2D eigenvalue weighted by Crippen LogP contribution is 2.36. The summed E-state index contributed by atoms with van der Waals surface area (Å²) in [7, 11) is 0. The van der Waals surface area contributed by atoms with Gasteiger partial charge in [0.05, 0.1) is 11.6 Å². The molecule has 2 rings (SSSR count). The van der Waals surface area contributed by atoms with Crippen molar-refractivity contribution in [2.75, 3.05) is 6.54 Å². The SMILES string of the molecule is CCNC1CC(c2ccc(C#N)cc2)C1. The molecular formula is C13H16N2. The molecule has 0 unspecified atom stereocenters. The van der Waals surface area contributed by atoms with Crippen molar-refractivity contribution in [1.29, 1.82) is 5.26 Å². The first-order valence-corrected chi connectivity index (χ1v) is 5.57. The summed E-state index contributed by atoms with van der Waals surface area (Å²) >= 11 is 0. The molecule has 1 saturated carbocycles. The molecule has 2 heteroatoms. The Morgan fingerprint density at radius 2 is 2.00 bits per heavy atom. The molecule has 78 valence electrons. The van der Waals surface area contributed by atoms with Gasteiger partial charge in [0.25, 0.3) is 0 Å². The highest BCUT2D eigenvalue weighted by molar-refractivity contribution is 5.34. The normalized spacial score (nSPS) is 24.3. The van der Waals surface area contributed by atoms with Crippen LogP contribution in [0.15, 0.2) is 24.3 Å². The molecule has 1 aliphatic carbocycles. The number of nitriles is 1. The lowest BCUT2D eigenvalue weighted by Crippen LogP contribution is -2.39. The zero-order valence-corrected chi connectivity index (χ0v) is 9.03. The molecule has 0 spiro atoms. The van der Waals surface area contributed by atoms with E-state index in [1.807, 2.05) is 12.1 Å². The van der Waals surface area contributed by atoms with Crippen molar-refractivity contribution in [1.82, 2.24) is 5.32 Å². The Balaban J connectivity index is 1.93. The second-order valence-electron chi connectivity index (χ2n) is 4.16. The van der Waals surface area contributed by atoms with Gasteiger partial charge in [-0.25, -0.2) is 0 Å². The summed E-state index contributed by atoms with van der Waals surface area (Å²) in [6.07, 6.45) is 2.47. The summed E-state index contributed by atoms with van der Waals surface area (Å²) in [4.78, 5) is 0. The predicted octanol–water partition coefficient (Wildman–Crippen LogP) is 2.41. The molecular weight excluding hydrogens is 184 g/mol. The first-order chi connectivity index (χ1) is 7.33. The van der Waals surface area contributed by atoms with Crippen LogP contribution < -0.4 is 5.32 Å². The van der Waals surface area contributed by atoms with Gasteiger partial charge in [-0.1, -0.05) is 19.1 Å². The summed E-state index contributed by atoms with van der Waals surface area (Å²) in [5, 5.41) is 12.1. The highest BCUT2D eigenvalue weighted by Gasteiger charge is 2.29. The van der Waals surface area contributed by atoms with Crippen LogP contribution in [-0.2, 0) is 0 Å². The van der Waals surface area contributed by atoms with E-state index >= 15 is 0 Å². The van der Waals surface area contributed by atoms with Crippen LogP contribution in [0.2, 0.25) is 0 Å². The van der Waals surface area contributed by atoms with Gasteiger partial charge in [-0.3, -0.25) is 0 Å². The maximum Gasteiger partial charge on any atom is 0.0991 e. The van der Waals surface area contributed by atoms with Crippen LogP contribution >= 0.6 is 0 Å². The molecule has 15 heavy (non-hydrogen) atoms. The second kappa shape index (κ2) is 4.46. The minimum Gasteiger partial charge on any atom is -0.314 e. The lowest BCUT2D eigenvalue weighted by Gasteiger charge is -2.36. The Labute approximate surface area is 90.9 Å². The van der Waals surface area contributed by atoms with Gasteiger partial charge in [0.1, 0.15) is 0 Å². The van der Waals surface area contributed by atoms with Gasteiger partial charge in [-0.2, -0.15) is 5.26 Å². The first-order valence-electron chi connectivity index (χ1n) is 5.57. The number of nitrogens with one attached hydrogen (secondary N) is 1. The van der Waals surface area contributed by atoms with E-state index in [1.165, 1.54) is 18.4 Å². The topological polar surface area (TPSA) is 35.8 Å². The molecule has 0 atom stereocenters. The third kappa shape index (κ3) is 2.19. The van der Waals surface area contributed by atoms with E-state index in [-0.39, 0.29) is 0 Å². The van der Waals surface area contributed by atoms with E-state index in [4.69, 9.17) is 5.26 Å². The minimum atomic E-state index is 0.696. The molecule has 0 bridgehead atoms. The Morgan fingerprint density at radius 1 is 1.33 bits per heavy atom. The van der Waals surface area contributed by atoms with Crippen molar-refractivity contribution in [3.05, 3.63) is 35.4 Å². The van der Waals surface area contributed by atoms with Crippen molar-refractivity contribution in [3.8, 4) is 6.07 Å². The standard InChI is InChI=1S/C13H16N2/c1-2-15-13-7-12(8-13)11-5-3-10(9-14)4-6-11/h3-6,12-13,15H,2,7-8H2,1H3. The summed E-state index contributed by atoms with van der Waals surface area (Å²) in [6, 6.07) is 10.9. The zero-order chi connectivity index (χ0) is 10.7. The van der Waals surface area contributed by atoms with E-state index in [1.54, 1.807) is 0 Å². The maximum absolute atomic E-state index is 8.69. The molecule has 1 aromatic rings. The van der Waals surface area contributed by atoms with Gasteiger partial charge < -0.3 is 5.32 Å². The molecule has 1 N–H and O–H groups in total.